The van der Waals surface area contributed by atoms with Crippen molar-refractivity contribution in [1.82, 2.24) is 25.7 Å². The van der Waals surface area contributed by atoms with Gasteiger partial charge in [-0.25, -0.2) is 4.99 Å². The Bertz CT molecular complexity index is 857. The molecule has 1 amide bonds. The fraction of sp³-hybridized carbons (Fsp3) is 0.500. The summed E-state index contributed by atoms with van der Waals surface area (Å²) in [5.74, 6) is 0.900. The van der Waals surface area contributed by atoms with Crippen molar-refractivity contribution in [2.24, 2.45) is 4.99 Å². The van der Waals surface area contributed by atoms with E-state index >= 15 is 0 Å². The minimum absolute atomic E-state index is 0.0779. The molecule has 0 saturated carbocycles. The molecule has 30 heavy (non-hydrogen) atoms. The van der Waals surface area contributed by atoms with E-state index in [-0.39, 0.29) is 5.91 Å². The third kappa shape index (κ3) is 6.23. The number of hydrogen-bond donors (Lipinski definition) is 3. The number of benzene rings is 1. The Morgan fingerprint density at radius 2 is 2.03 bits per heavy atom. The quantitative estimate of drug-likeness (QED) is 0.349. The van der Waals surface area contributed by atoms with E-state index in [2.05, 4.69) is 74.8 Å². The maximum Gasteiger partial charge on any atom is 0.239 e. The third-order valence-electron chi connectivity index (χ3n) is 5.05. The maximum atomic E-state index is 11.6. The van der Waals surface area contributed by atoms with Gasteiger partial charge in [-0.1, -0.05) is 12.1 Å². The van der Waals surface area contributed by atoms with Gasteiger partial charge in [0.25, 0.3) is 0 Å². The zero-order valence-electron chi connectivity index (χ0n) is 18.2. The van der Waals surface area contributed by atoms with E-state index in [1.54, 1.807) is 0 Å². The number of guanidine groups is 1. The van der Waals surface area contributed by atoms with Gasteiger partial charge >= 0.3 is 0 Å². The molecule has 1 saturated heterocycles. The molecule has 3 rings (SSSR count). The highest BCUT2D eigenvalue weighted by Gasteiger charge is 2.16. The Morgan fingerprint density at radius 3 is 2.70 bits per heavy atom. The minimum atomic E-state index is 0.0779. The predicted octanol–water partition coefficient (Wildman–Crippen LogP) is 1.58. The summed E-state index contributed by atoms with van der Waals surface area (Å²) in [6.45, 7) is 11.3. The van der Waals surface area contributed by atoms with Crippen LogP contribution in [-0.4, -0.2) is 54.4 Å². The Labute approximate surface area is 178 Å². The van der Waals surface area contributed by atoms with E-state index in [4.69, 9.17) is 4.99 Å². The van der Waals surface area contributed by atoms with Crippen molar-refractivity contribution in [3.8, 4) is 0 Å². The van der Waals surface area contributed by atoms with Gasteiger partial charge in [0, 0.05) is 44.1 Å². The number of nitrogens with one attached hydrogen (secondary N) is 3. The molecular weight excluding hydrogens is 378 g/mol. The fourth-order valence-corrected chi connectivity index (χ4v) is 3.52. The van der Waals surface area contributed by atoms with Crippen LogP contribution in [-0.2, 0) is 17.9 Å². The number of aromatic nitrogens is 2. The molecule has 0 bridgehead atoms. The van der Waals surface area contributed by atoms with Gasteiger partial charge in [0.05, 0.1) is 18.8 Å². The molecule has 1 aliphatic rings. The number of carbonyl (C=O) groups is 1. The molecule has 1 aromatic carbocycles. The normalized spacial score (nSPS) is 14.6. The smallest absolute Gasteiger partial charge is 0.239 e. The van der Waals surface area contributed by atoms with Crippen LogP contribution in [0.5, 0.6) is 0 Å². The lowest BCUT2D eigenvalue weighted by Gasteiger charge is -2.28. The molecule has 1 fully saturated rings. The van der Waals surface area contributed by atoms with Crippen molar-refractivity contribution in [2.45, 2.75) is 40.3 Å². The topological polar surface area (TPSA) is 86.6 Å². The van der Waals surface area contributed by atoms with Gasteiger partial charge < -0.3 is 20.9 Å². The molecule has 0 unspecified atom stereocenters. The van der Waals surface area contributed by atoms with Crippen LogP contribution in [0, 0.1) is 13.8 Å². The zero-order chi connectivity index (χ0) is 21.3. The fourth-order valence-electron chi connectivity index (χ4n) is 3.52. The number of nitrogens with zero attached hydrogens (tertiary/aromatic N) is 4. The molecule has 162 valence electrons. The average Bonchev–Trinajstić information content (AvgIpc) is 3.06. The summed E-state index contributed by atoms with van der Waals surface area (Å²) in [4.78, 5) is 18.4. The van der Waals surface area contributed by atoms with E-state index in [1.807, 2.05) is 6.92 Å². The predicted molar refractivity (Wildman–Crippen MR) is 121 cm³/mol. The van der Waals surface area contributed by atoms with Gasteiger partial charge in [0.2, 0.25) is 5.91 Å². The van der Waals surface area contributed by atoms with E-state index in [0.29, 0.717) is 19.6 Å². The van der Waals surface area contributed by atoms with Crippen LogP contribution in [0.15, 0.2) is 35.3 Å². The minimum Gasteiger partial charge on any atom is -0.360 e. The number of rotatable bonds is 8. The van der Waals surface area contributed by atoms with Crippen molar-refractivity contribution >= 4 is 17.6 Å². The molecule has 8 nitrogen and oxygen atoms in total. The first-order chi connectivity index (χ1) is 14.5. The first-order valence-electron chi connectivity index (χ1n) is 10.7. The van der Waals surface area contributed by atoms with Crippen molar-refractivity contribution in [2.75, 3.05) is 37.6 Å². The number of aryl methyl sites for hydroxylation is 3. The van der Waals surface area contributed by atoms with Crippen LogP contribution in [0.4, 0.5) is 5.69 Å². The van der Waals surface area contributed by atoms with Crippen LogP contribution >= 0.6 is 0 Å². The van der Waals surface area contributed by atoms with Gasteiger partial charge in [0.15, 0.2) is 5.96 Å². The summed E-state index contributed by atoms with van der Waals surface area (Å²) in [6, 6.07) is 10.4. The molecule has 0 radical (unpaired) electrons. The first kappa shape index (κ1) is 21.7. The van der Waals surface area contributed by atoms with Crippen LogP contribution in [0.2, 0.25) is 0 Å². The highest BCUT2D eigenvalue weighted by molar-refractivity contribution is 5.82. The highest BCUT2D eigenvalue weighted by atomic mass is 16.2. The summed E-state index contributed by atoms with van der Waals surface area (Å²) in [5, 5.41) is 14.1. The summed E-state index contributed by atoms with van der Waals surface area (Å²) < 4.78 is 2.05. The molecule has 3 N–H and O–H groups in total. The van der Waals surface area contributed by atoms with Crippen LogP contribution in [0.25, 0.3) is 0 Å². The van der Waals surface area contributed by atoms with E-state index in [0.717, 1.165) is 55.5 Å². The molecule has 2 aromatic rings. The average molecular weight is 412 g/mol. The van der Waals surface area contributed by atoms with Crippen molar-refractivity contribution < 1.29 is 4.79 Å². The number of hydrogen-bond acceptors (Lipinski definition) is 4. The summed E-state index contributed by atoms with van der Waals surface area (Å²) in [5.41, 5.74) is 4.47. The Kier molecular flexibility index (Phi) is 7.70. The number of carbonyl (C=O) groups excluding carboxylic acids is 1. The lowest BCUT2D eigenvalue weighted by Crippen LogP contribution is -2.47. The lowest BCUT2D eigenvalue weighted by molar-refractivity contribution is -0.120. The summed E-state index contributed by atoms with van der Waals surface area (Å²) in [7, 11) is 0. The van der Waals surface area contributed by atoms with E-state index in [9.17, 15) is 4.79 Å². The third-order valence-corrected chi connectivity index (χ3v) is 5.05. The molecule has 0 spiro atoms. The molecule has 8 heteroatoms. The number of aliphatic imine (C=N–C) groups is 1. The summed E-state index contributed by atoms with van der Waals surface area (Å²) >= 11 is 0. The lowest BCUT2D eigenvalue weighted by atomic mass is 10.2. The van der Waals surface area contributed by atoms with Crippen molar-refractivity contribution in [3.05, 3.63) is 47.3 Å². The summed E-state index contributed by atoms with van der Waals surface area (Å²) in [6.07, 6.45) is 0.977. The Hall–Kier alpha value is -3.03. The largest absolute Gasteiger partial charge is 0.360 e. The zero-order valence-corrected chi connectivity index (χ0v) is 18.2. The monoisotopic (exact) mass is 411 g/mol. The van der Waals surface area contributed by atoms with Gasteiger partial charge in [-0.2, -0.15) is 5.10 Å². The Balaban J connectivity index is 1.48. The number of piperazine rings is 1. The van der Waals surface area contributed by atoms with E-state index < -0.39 is 0 Å². The first-order valence-corrected chi connectivity index (χ1v) is 10.7. The molecule has 0 aliphatic carbocycles. The highest BCUT2D eigenvalue weighted by Crippen LogP contribution is 2.16. The molecule has 2 heterocycles. The van der Waals surface area contributed by atoms with Gasteiger partial charge in [-0.3, -0.25) is 9.48 Å². The second kappa shape index (κ2) is 10.7. The molecule has 1 aliphatic heterocycles. The van der Waals surface area contributed by atoms with E-state index in [1.165, 1.54) is 5.69 Å². The van der Waals surface area contributed by atoms with Gasteiger partial charge in [0.1, 0.15) is 0 Å². The van der Waals surface area contributed by atoms with Gasteiger partial charge in [-0.05, 0) is 51.0 Å². The number of anilines is 1. The molecule has 1 aromatic heterocycles. The maximum absolute atomic E-state index is 11.6. The second-order valence-corrected chi connectivity index (χ2v) is 7.56. The standard InChI is InChI=1S/C22H33N7O/c1-4-23-22(25-10-5-12-29-18(3)14-17(2)27-29)26-15-19-6-8-20(9-7-19)28-13-11-24-21(30)16-28/h6-9,14H,4-5,10-13,15-16H2,1-3H3,(H,24,30)(H2,23,25,26). The van der Waals surface area contributed by atoms with Crippen LogP contribution < -0.4 is 20.9 Å². The van der Waals surface area contributed by atoms with Crippen LogP contribution in [0.1, 0.15) is 30.3 Å². The second-order valence-electron chi connectivity index (χ2n) is 7.56. The van der Waals surface area contributed by atoms with Crippen molar-refractivity contribution in [1.29, 1.82) is 0 Å². The Morgan fingerprint density at radius 1 is 1.23 bits per heavy atom. The molecule has 0 atom stereocenters. The number of amides is 1. The van der Waals surface area contributed by atoms with Crippen molar-refractivity contribution in [3.63, 3.8) is 0 Å². The molecular formula is C22H33N7O. The SMILES string of the molecule is CCNC(=NCc1ccc(N2CCNC(=O)C2)cc1)NCCCn1nc(C)cc1C. The van der Waals surface area contributed by atoms with Crippen LogP contribution in [0.3, 0.4) is 0 Å². The van der Waals surface area contributed by atoms with Gasteiger partial charge in [-0.15, -0.1) is 0 Å².